The fourth-order valence-electron chi connectivity index (χ4n) is 2.00. The van der Waals surface area contributed by atoms with Gasteiger partial charge in [0.2, 0.25) is 5.91 Å². The number of hydrogen-bond acceptors (Lipinski definition) is 5. The zero-order valence-electron chi connectivity index (χ0n) is 13.8. The molecule has 1 rings (SSSR count). The summed E-state index contributed by atoms with van der Waals surface area (Å²) in [4.78, 5) is 44.8. The predicted octanol–water partition coefficient (Wildman–Crippen LogP) is 1.33. The number of nitrogens with one attached hydrogen (secondary N) is 3. The lowest BCUT2D eigenvalue weighted by atomic mass is 10.0. The third-order valence-electron chi connectivity index (χ3n) is 3.10. The van der Waals surface area contributed by atoms with Gasteiger partial charge in [-0.2, -0.15) is 0 Å². The van der Waals surface area contributed by atoms with Crippen LogP contribution in [0.15, 0.2) is 24.3 Å². The highest BCUT2D eigenvalue weighted by Crippen LogP contribution is 2.22. The van der Waals surface area contributed by atoms with Crippen molar-refractivity contribution in [2.24, 2.45) is 5.92 Å². The average molecular weight is 352 g/mol. The molecule has 1 aromatic carbocycles. The van der Waals surface area contributed by atoms with Gasteiger partial charge in [-0.3, -0.25) is 14.9 Å². The molecule has 1 aromatic rings. The Morgan fingerprint density at radius 2 is 1.88 bits per heavy atom. The number of nitrogens with zero attached hydrogens (tertiary/aromatic N) is 1. The van der Waals surface area contributed by atoms with E-state index in [0.29, 0.717) is 0 Å². The third-order valence-corrected chi connectivity index (χ3v) is 3.10. The fraction of sp³-hybridized carbons (Fsp3) is 0.400. The van der Waals surface area contributed by atoms with Crippen LogP contribution in [0.4, 0.5) is 16.2 Å². The molecule has 0 spiro atoms. The molecular weight excluding hydrogens is 332 g/mol. The van der Waals surface area contributed by atoms with Crippen LogP contribution in [0.3, 0.4) is 0 Å². The Hall–Kier alpha value is -3.17. The van der Waals surface area contributed by atoms with E-state index < -0.39 is 35.4 Å². The molecule has 10 nitrogen and oxygen atoms in total. The van der Waals surface area contributed by atoms with E-state index >= 15 is 0 Å². The molecule has 3 amide bonds. The van der Waals surface area contributed by atoms with Gasteiger partial charge >= 0.3 is 12.0 Å². The number of aliphatic carboxylic acids is 1. The van der Waals surface area contributed by atoms with E-state index in [2.05, 4.69) is 16.0 Å². The maximum Gasteiger partial charge on any atom is 0.326 e. The van der Waals surface area contributed by atoms with Crippen molar-refractivity contribution in [3.05, 3.63) is 34.4 Å². The molecule has 0 saturated heterocycles. The second kappa shape index (κ2) is 9.21. The van der Waals surface area contributed by atoms with Crippen LogP contribution in [0, 0.1) is 16.0 Å². The molecule has 0 heterocycles. The summed E-state index contributed by atoms with van der Waals surface area (Å²) in [6.07, 6.45) is 0.253. The Labute approximate surface area is 143 Å². The van der Waals surface area contributed by atoms with Crippen molar-refractivity contribution in [2.75, 3.05) is 11.9 Å². The van der Waals surface area contributed by atoms with Crippen molar-refractivity contribution < 1.29 is 24.4 Å². The highest BCUT2D eigenvalue weighted by Gasteiger charge is 2.21. The van der Waals surface area contributed by atoms with Crippen LogP contribution in [-0.2, 0) is 9.59 Å². The fourth-order valence-corrected chi connectivity index (χ4v) is 2.00. The molecule has 10 heteroatoms. The number of carbonyl (C=O) groups is 3. The molecule has 0 radical (unpaired) electrons. The topological polar surface area (TPSA) is 151 Å². The number of benzene rings is 1. The average Bonchev–Trinajstić information content (AvgIpc) is 2.52. The Balaban J connectivity index is 2.55. The summed E-state index contributed by atoms with van der Waals surface area (Å²) in [7, 11) is 0. The van der Waals surface area contributed by atoms with E-state index in [1.54, 1.807) is 0 Å². The summed E-state index contributed by atoms with van der Waals surface area (Å²) in [5, 5.41) is 26.7. The molecule has 4 N–H and O–H groups in total. The quantitative estimate of drug-likeness (QED) is 0.409. The second-order valence-electron chi connectivity index (χ2n) is 5.67. The first-order valence-electron chi connectivity index (χ1n) is 7.51. The monoisotopic (exact) mass is 352 g/mol. The number of anilines is 1. The lowest BCUT2D eigenvalue weighted by Gasteiger charge is -2.16. The van der Waals surface area contributed by atoms with Crippen LogP contribution < -0.4 is 16.0 Å². The summed E-state index contributed by atoms with van der Waals surface area (Å²) >= 11 is 0. The van der Waals surface area contributed by atoms with Crippen LogP contribution >= 0.6 is 0 Å². The number of carboxylic acid groups (broad SMARTS) is 1. The van der Waals surface area contributed by atoms with Gasteiger partial charge in [0.25, 0.3) is 5.69 Å². The van der Waals surface area contributed by atoms with Gasteiger partial charge in [-0.15, -0.1) is 0 Å². The van der Waals surface area contributed by atoms with Gasteiger partial charge in [0.05, 0.1) is 11.5 Å². The second-order valence-corrected chi connectivity index (χ2v) is 5.67. The number of carbonyl (C=O) groups excluding carboxylic acids is 2. The number of urea groups is 1. The Bertz CT molecular complexity index is 661. The van der Waals surface area contributed by atoms with Crippen LogP contribution in [0.25, 0.3) is 0 Å². The normalized spacial score (nSPS) is 11.5. The summed E-state index contributed by atoms with van der Waals surface area (Å²) in [6, 6.07) is 3.67. The van der Waals surface area contributed by atoms with Gasteiger partial charge in [0.1, 0.15) is 11.7 Å². The smallest absolute Gasteiger partial charge is 0.326 e. The Kier molecular flexibility index (Phi) is 7.32. The van der Waals surface area contributed by atoms with Crippen molar-refractivity contribution >= 4 is 29.3 Å². The number of para-hydroxylation sites is 2. The first kappa shape index (κ1) is 19.9. The van der Waals surface area contributed by atoms with Gasteiger partial charge in [-0.05, 0) is 18.4 Å². The van der Waals surface area contributed by atoms with Gasteiger partial charge in [-0.1, -0.05) is 26.0 Å². The standard InChI is InChI=1S/C15H20N4O6/c1-9(2)7-11(14(21)22)17-13(20)8-16-15(23)18-10-5-3-4-6-12(10)19(24)25/h3-6,9,11H,7-8H2,1-2H3,(H,17,20)(H,21,22)(H2,16,18,23)/t11-/m0/s1. The van der Waals surface area contributed by atoms with Crippen molar-refractivity contribution in [2.45, 2.75) is 26.3 Å². The van der Waals surface area contributed by atoms with Crippen LogP contribution in [-0.4, -0.2) is 40.5 Å². The van der Waals surface area contributed by atoms with Crippen molar-refractivity contribution in [3.8, 4) is 0 Å². The first-order valence-corrected chi connectivity index (χ1v) is 7.51. The molecule has 25 heavy (non-hydrogen) atoms. The predicted molar refractivity (Wildman–Crippen MR) is 89.1 cm³/mol. The van der Waals surface area contributed by atoms with Gasteiger partial charge < -0.3 is 21.1 Å². The molecule has 0 aliphatic heterocycles. The van der Waals surface area contributed by atoms with E-state index in [9.17, 15) is 24.5 Å². The van der Waals surface area contributed by atoms with Gasteiger partial charge in [0.15, 0.2) is 0 Å². The molecule has 0 aromatic heterocycles. The number of amides is 3. The SMILES string of the molecule is CC(C)C[C@H](NC(=O)CNC(=O)Nc1ccccc1[N+](=O)[O-])C(=O)O. The maximum atomic E-state index is 11.7. The van der Waals surface area contributed by atoms with Crippen molar-refractivity contribution in [1.29, 1.82) is 0 Å². The molecule has 0 saturated carbocycles. The number of nitro groups is 1. The highest BCUT2D eigenvalue weighted by molar-refractivity contribution is 5.94. The first-order chi connectivity index (χ1) is 11.7. The van der Waals surface area contributed by atoms with E-state index in [4.69, 9.17) is 5.11 Å². The lowest BCUT2D eigenvalue weighted by Crippen LogP contribution is -2.46. The van der Waals surface area contributed by atoms with Crippen LogP contribution in [0.5, 0.6) is 0 Å². The van der Waals surface area contributed by atoms with Crippen LogP contribution in [0.1, 0.15) is 20.3 Å². The summed E-state index contributed by atoms with van der Waals surface area (Å²) < 4.78 is 0. The zero-order valence-corrected chi connectivity index (χ0v) is 13.8. The minimum absolute atomic E-state index is 0.0198. The zero-order chi connectivity index (χ0) is 19.0. The Morgan fingerprint density at radius 1 is 1.24 bits per heavy atom. The molecule has 0 unspecified atom stereocenters. The number of carboxylic acids is 1. The Morgan fingerprint density at radius 3 is 2.44 bits per heavy atom. The van der Waals surface area contributed by atoms with E-state index in [-0.39, 0.29) is 23.7 Å². The number of hydrogen-bond donors (Lipinski definition) is 4. The third kappa shape index (κ3) is 6.85. The molecule has 136 valence electrons. The summed E-state index contributed by atoms with van der Waals surface area (Å²) in [6.45, 7) is 3.18. The molecular formula is C15H20N4O6. The largest absolute Gasteiger partial charge is 0.480 e. The molecule has 0 bridgehead atoms. The van der Waals surface area contributed by atoms with E-state index in [1.165, 1.54) is 24.3 Å². The summed E-state index contributed by atoms with van der Waals surface area (Å²) in [5.74, 6) is -1.77. The molecule has 1 atom stereocenters. The van der Waals surface area contributed by atoms with Crippen molar-refractivity contribution in [3.63, 3.8) is 0 Å². The van der Waals surface area contributed by atoms with E-state index in [1.807, 2.05) is 13.8 Å². The minimum Gasteiger partial charge on any atom is -0.480 e. The number of nitro benzene ring substituents is 1. The molecule has 0 fully saturated rings. The van der Waals surface area contributed by atoms with Gasteiger partial charge in [-0.25, -0.2) is 9.59 Å². The van der Waals surface area contributed by atoms with Crippen molar-refractivity contribution in [1.82, 2.24) is 10.6 Å². The summed E-state index contributed by atoms with van der Waals surface area (Å²) in [5.41, 5.74) is -0.307. The van der Waals surface area contributed by atoms with Crippen LogP contribution in [0.2, 0.25) is 0 Å². The van der Waals surface area contributed by atoms with E-state index in [0.717, 1.165) is 0 Å². The van der Waals surface area contributed by atoms with Gasteiger partial charge in [0, 0.05) is 6.07 Å². The maximum absolute atomic E-state index is 11.7. The molecule has 0 aliphatic rings. The molecule has 0 aliphatic carbocycles. The number of rotatable bonds is 8. The minimum atomic E-state index is -1.16. The highest BCUT2D eigenvalue weighted by atomic mass is 16.6. The lowest BCUT2D eigenvalue weighted by molar-refractivity contribution is -0.383.